The third-order valence-electron chi connectivity index (χ3n) is 15.9. The number of carbonyl (C=O) groups is 1. The van der Waals surface area contributed by atoms with Crippen LogP contribution < -0.4 is 5.32 Å². The van der Waals surface area contributed by atoms with Crippen LogP contribution >= 0.6 is 0 Å². The molecule has 2 aliphatic rings. The van der Waals surface area contributed by atoms with Crippen molar-refractivity contribution < 1.29 is 64.6 Å². The van der Waals surface area contributed by atoms with Crippen LogP contribution in [0.15, 0.2) is 122 Å². The van der Waals surface area contributed by atoms with E-state index >= 15 is 0 Å². The maximum atomic E-state index is 13.3. The number of nitrogens with one attached hydrogen (secondary N) is 1. The molecule has 12 unspecified atom stereocenters. The molecule has 2 rings (SSSR count). The van der Waals surface area contributed by atoms with E-state index in [9.17, 15) is 45.6 Å². The van der Waals surface area contributed by atoms with E-state index in [1.807, 2.05) is 0 Å². The summed E-state index contributed by atoms with van der Waals surface area (Å²) in [7, 11) is 0. The summed E-state index contributed by atoms with van der Waals surface area (Å²) in [6.07, 6.45) is 64.8. The van der Waals surface area contributed by atoms with Crippen molar-refractivity contribution in [3.63, 3.8) is 0 Å². The first kappa shape index (κ1) is 79.5. The number of ether oxygens (including phenoxy) is 4. The van der Waals surface area contributed by atoms with Crippen molar-refractivity contribution in [2.45, 2.75) is 312 Å². The van der Waals surface area contributed by atoms with Crippen LogP contribution in [0, 0.1) is 0 Å². The Morgan fingerprint density at radius 1 is 0.425 bits per heavy atom. The molecule has 0 saturated carbocycles. The summed E-state index contributed by atoms with van der Waals surface area (Å²) in [4.78, 5) is 13.3. The van der Waals surface area contributed by atoms with Crippen molar-refractivity contribution in [3.8, 4) is 0 Å². The first-order chi connectivity index (χ1) is 42.6. The van der Waals surface area contributed by atoms with Crippen LogP contribution in [0.5, 0.6) is 0 Å². The van der Waals surface area contributed by atoms with Crippen molar-refractivity contribution >= 4 is 5.91 Å². The largest absolute Gasteiger partial charge is 0.394 e. The molecule has 87 heavy (non-hydrogen) atoms. The highest BCUT2D eigenvalue weighted by atomic mass is 16.7. The predicted octanol–water partition coefficient (Wildman–Crippen LogP) is 13.7. The van der Waals surface area contributed by atoms with E-state index < -0.39 is 86.8 Å². The number of allylic oxidation sites excluding steroid dienone is 20. The third-order valence-corrected chi connectivity index (χ3v) is 15.9. The summed E-state index contributed by atoms with van der Waals surface area (Å²) >= 11 is 0. The van der Waals surface area contributed by atoms with E-state index in [-0.39, 0.29) is 18.9 Å². The molecular formula is C73H123NO13. The lowest BCUT2D eigenvalue weighted by atomic mass is 9.97. The molecule has 2 heterocycles. The first-order valence-electron chi connectivity index (χ1n) is 34.3. The van der Waals surface area contributed by atoms with Gasteiger partial charge in [-0.25, -0.2) is 0 Å². The molecule has 0 aromatic rings. The minimum atomic E-state index is -1.79. The van der Waals surface area contributed by atoms with Crippen LogP contribution in [0.2, 0.25) is 0 Å². The Morgan fingerprint density at radius 2 is 0.793 bits per heavy atom. The Morgan fingerprint density at radius 3 is 1.22 bits per heavy atom. The van der Waals surface area contributed by atoms with E-state index in [0.29, 0.717) is 12.8 Å². The highest BCUT2D eigenvalue weighted by molar-refractivity contribution is 5.76. The fourth-order valence-corrected chi connectivity index (χ4v) is 10.5. The Kier molecular flexibility index (Phi) is 51.5. The molecule has 498 valence electrons. The Labute approximate surface area is 527 Å². The average molecular weight is 1220 g/mol. The van der Waals surface area contributed by atoms with Crippen LogP contribution in [0.1, 0.15) is 239 Å². The topological polar surface area (TPSA) is 228 Å². The lowest BCUT2D eigenvalue weighted by Gasteiger charge is -2.46. The number of rotatable bonds is 54. The second-order valence-electron chi connectivity index (χ2n) is 23.6. The maximum Gasteiger partial charge on any atom is 0.220 e. The zero-order valence-electron chi connectivity index (χ0n) is 54.0. The van der Waals surface area contributed by atoms with Gasteiger partial charge in [-0.1, -0.05) is 264 Å². The van der Waals surface area contributed by atoms with Gasteiger partial charge in [0.25, 0.3) is 0 Å². The lowest BCUT2D eigenvalue weighted by molar-refractivity contribution is -0.359. The molecule has 9 N–H and O–H groups in total. The maximum absolute atomic E-state index is 13.3. The summed E-state index contributed by atoms with van der Waals surface area (Å²) in [5.41, 5.74) is 0. The van der Waals surface area contributed by atoms with Crippen molar-refractivity contribution in [1.29, 1.82) is 0 Å². The van der Waals surface area contributed by atoms with E-state index in [1.54, 1.807) is 0 Å². The van der Waals surface area contributed by atoms with E-state index in [1.165, 1.54) is 89.9 Å². The van der Waals surface area contributed by atoms with Crippen LogP contribution in [-0.4, -0.2) is 140 Å². The molecule has 2 aliphatic heterocycles. The van der Waals surface area contributed by atoms with Gasteiger partial charge in [-0.05, 0) is 89.9 Å². The average Bonchev–Trinajstić information content (AvgIpc) is 3.71. The Bertz CT molecular complexity index is 1920. The van der Waals surface area contributed by atoms with Gasteiger partial charge in [0.1, 0.15) is 48.8 Å². The Hall–Kier alpha value is -3.61. The molecule has 0 aromatic carbocycles. The lowest BCUT2D eigenvalue weighted by Crippen LogP contribution is -2.65. The second-order valence-corrected chi connectivity index (χ2v) is 23.6. The number of unbranched alkanes of at least 4 members (excludes halogenated alkanes) is 21. The molecule has 2 fully saturated rings. The fraction of sp³-hybridized carbons (Fsp3) is 0.712. The minimum absolute atomic E-state index is 0.235. The highest BCUT2D eigenvalue weighted by Gasteiger charge is 2.51. The smallest absolute Gasteiger partial charge is 0.220 e. The zero-order chi connectivity index (χ0) is 63.1. The monoisotopic (exact) mass is 1220 g/mol. The van der Waals surface area contributed by atoms with Gasteiger partial charge < -0.3 is 65.1 Å². The van der Waals surface area contributed by atoms with Gasteiger partial charge in [-0.2, -0.15) is 0 Å². The molecule has 0 aromatic heterocycles. The molecule has 14 heteroatoms. The van der Waals surface area contributed by atoms with Gasteiger partial charge >= 0.3 is 0 Å². The number of aliphatic hydroxyl groups is 8. The normalized spacial score (nSPS) is 24.1. The first-order valence-corrected chi connectivity index (χ1v) is 34.3. The second kappa shape index (κ2) is 56.4. The molecule has 0 radical (unpaired) electrons. The summed E-state index contributed by atoms with van der Waals surface area (Å²) in [6.45, 7) is 2.73. The van der Waals surface area contributed by atoms with Crippen LogP contribution in [-0.2, 0) is 23.7 Å². The van der Waals surface area contributed by atoms with Gasteiger partial charge in [0.15, 0.2) is 12.6 Å². The molecule has 1 amide bonds. The summed E-state index contributed by atoms with van der Waals surface area (Å²) in [5, 5.41) is 87.5. The van der Waals surface area contributed by atoms with Crippen molar-refractivity contribution in [3.05, 3.63) is 122 Å². The van der Waals surface area contributed by atoms with Crippen LogP contribution in [0.25, 0.3) is 0 Å². The molecule has 2 saturated heterocycles. The van der Waals surface area contributed by atoms with Gasteiger partial charge in [0.05, 0.1) is 32.0 Å². The predicted molar refractivity (Wildman–Crippen MR) is 355 cm³/mol. The van der Waals surface area contributed by atoms with Gasteiger partial charge in [-0.15, -0.1) is 0 Å². The molecule has 0 aliphatic carbocycles. The van der Waals surface area contributed by atoms with Crippen LogP contribution in [0.4, 0.5) is 0 Å². The number of amides is 1. The quantitative estimate of drug-likeness (QED) is 0.0204. The summed E-state index contributed by atoms with van der Waals surface area (Å²) in [5.74, 6) is -0.235. The Balaban J connectivity index is 1.69. The highest BCUT2D eigenvalue weighted by Crippen LogP contribution is 2.30. The molecule has 0 bridgehead atoms. The standard InChI is InChI=1S/C73H123NO13/c1-3-5-7-9-11-13-15-17-19-21-23-24-25-26-27-28-29-30-31-32-33-34-35-36-37-38-39-41-43-45-47-49-51-53-55-57-65(78)74-61(62(77)56-54-52-50-48-46-44-42-40-22-20-18-16-14-12-10-8-6-4-2)60-84-72-70(83)68(81)71(64(59-76)86-72)87-73-69(82)67(80)66(79)63(58-75)85-73/h5,7,11,13,17,19,23-24,26-27,29-30,32-33,35-36,38-39,43,45,61-64,66-73,75-77,79-83H,3-4,6,8-10,12,14-16,18,20-22,25,28,31,34,37,40-42,44,46-60H2,1-2H3,(H,74,78)/b7-5-,13-11-,19-17-,24-23-,27-26-,30-29-,33-32-,36-35-,39-38-,45-43-. The van der Waals surface area contributed by atoms with Crippen LogP contribution in [0.3, 0.4) is 0 Å². The van der Waals surface area contributed by atoms with E-state index in [4.69, 9.17) is 18.9 Å². The number of hydrogen-bond donors (Lipinski definition) is 9. The van der Waals surface area contributed by atoms with Crippen molar-refractivity contribution in [2.24, 2.45) is 0 Å². The third kappa shape index (κ3) is 40.7. The minimum Gasteiger partial charge on any atom is -0.394 e. The van der Waals surface area contributed by atoms with Gasteiger partial charge in [0.2, 0.25) is 5.91 Å². The number of aliphatic hydroxyl groups excluding tert-OH is 8. The van der Waals surface area contributed by atoms with Gasteiger partial charge in [0, 0.05) is 6.42 Å². The summed E-state index contributed by atoms with van der Waals surface area (Å²) < 4.78 is 22.9. The molecule has 12 atom stereocenters. The fourth-order valence-electron chi connectivity index (χ4n) is 10.5. The zero-order valence-corrected chi connectivity index (χ0v) is 54.0. The molecule has 0 spiro atoms. The van der Waals surface area contributed by atoms with Crippen molar-refractivity contribution in [2.75, 3.05) is 19.8 Å². The molecular weight excluding hydrogens is 1100 g/mol. The summed E-state index contributed by atoms with van der Waals surface area (Å²) in [6, 6.07) is -0.852. The number of hydrogen-bond acceptors (Lipinski definition) is 13. The van der Waals surface area contributed by atoms with Crippen molar-refractivity contribution in [1.82, 2.24) is 5.32 Å². The van der Waals surface area contributed by atoms with E-state index in [2.05, 4.69) is 141 Å². The SMILES string of the molecule is CC/C=C\C/C=C\C/C=C\C/C=C\C/C=C\C/C=C\C/C=C\C/C=C\C/C=C\C/C=C\CCCCCCC(=O)NC(COC1OC(CO)C(OC2OC(CO)C(O)C(O)C2O)C(O)C1O)C(O)CCCCCCCCCCCCCCCCCCCC. The number of carbonyl (C=O) groups excluding carboxylic acids is 1. The molecule has 14 nitrogen and oxygen atoms in total. The van der Waals surface area contributed by atoms with E-state index in [0.717, 1.165) is 116 Å². The van der Waals surface area contributed by atoms with Gasteiger partial charge in [-0.3, -0.25) is 4.79 Å².